The molecule has 31 heavy (non-hydrogen) atoms. The van der Waals surface area contributed by atoms with E-state index in [1.54, 1.807) is 26.6 Å². The van der Waals surface area contributed by atoms with Crippen molar-refractivity contribution >= 4 is 28.5 Å². The summed E-state index contributed by atoms with van der Waals surface area (Å²) in [5.74, 6) is 0.411. The molecule has 1 aromatic carbocycles. The van der Waals surface area contributed by atoms with E-state index in [9.17, 15) is 4.79 Å². The molecule has 2 aromatic heterocycles. The molecule has 0 spiro atoms. The molecule has 0 radical (unpaired) electrons. The quantitative estimate of drug-likeness (QED) is 0.486. The Hall–Kier alpha value is -3.26. The minimum atomic E-state index is -0.219. The van der Waals surface area contributed by atoms with Crippen molar-refractivity contribution in [3.63, 3.8) is 0 Å². The fourth-order valence-corrected chi connectivity index (χ4v) is 3.79. The number of nitrogens with zero attached hydrogens (tertiary/aromatic N) is 3. The zero-order chi connectivity index (χ0) is 22.0. The topological polar surface area (TPSA) is 104 Å². The second-order valence-corrected chi connectivity index (χ2v) is 7.89. The van der Waals surface area contributed by atoms with Crippen molar-refractivity contribution in [2.24, 2.45) is 4.99 Å². The van der Waals surface area contributed by atoms with Gasteiger partial charge in [0, 0.05) is 44.7 Å². The lowest BCUT2D eigenvalue weighted by molar-refractivity contribution is 0.0907. The Morgan fingerprint density at radius 1 is 1.35 bits per heavy atom. The Kier molecular flexibility index (Phi) is 5.99. The van der Waals surface area contributed by atoms with E-state index >= 15 is 0 Å². The van der Waals surface area contributed by atoms with Crippen molar-refractivity contribution in [3.8, 4) is 0 Å². The largest absolute Gasteiger partial charge is 0.388 e. The van der Waals surface area contributed by atoms with Crippen LogP contribution in [0.25, 0.3) is 11.2 Å². The lowest BCUT2D eigenvalue weighted by Gasteiger charge is -2.14. The molecule has 1 atom stereocenters. The number of ether oxygens (including phenoxy) is 1. The first kappa shape index (κ1) is 21.0. The summed E-state index contributed by atoms with van der Waals surface area (Å²) in [6, 6.07) is 6.33. The molecule has 1 fully saturated rings. The molecule has 8 nitrogen and oxygen atoms in total. The van der Waals surface area contributed by atoms with E-state index in [1.165, 1.54) is 18.4 Å². The lowest BCUT2D eigenvalue weighted by Crippen LogP contribution is -2.35. The maximum absolute atomic E-state index is 12.8. The Morgan fingerprint density at radius 2 is 2.16 bits per heavy atom. The predicted octanol–water partition coefficient (Wildman–Crippen LogP) is 3.11. The summed E-state index contributed by atoms with van der Waals surface area (Å²) >= 11 is 0. The number of carbonyl (C=O) groups is 1. The normalized spacial score (nSPS) is 15.2. The highest BCUT2D eigenvalue weighted by molar-refractivity contribution is 6.15. The number of H-pyrrole nitrogens is 1. The van der Waals surface area contributed by atoms with Gasteiger partial charge >= 0.3 is 0 Å². The second kappa shape index (κ2) is 8.85. The van der Waals surface area contributed by atoms with E-state index in [2.05, 4.69) is 43.8 Å². The van der Waals surface area contributed by atoms with Crippen molar-refractivity contribution in [1.82, 2.24) is 20.3 Å². The molecule has 2 heterocycles. The molecule has 3 N–H and O–H groups in total. The summed E-state index contributed by atoms with van der Waals surface area (Å²) in [6.45, 7) is 2.32. The molecule has 0 saturated heterocycles. The first-order valence-electron chi connectivity index (χ1n) is 10.5. The smallest absolute Gasteiger partial charge is 0.255 e. The van der Waals surface area contributed by atoms with Crippen molar-refractivity contribution < 1.29 is 9.53 Å². The van der Waals surface area contributed by atoms with Crippen LogP contribution < -0.4 is 10.6 Å². The molecular weight excluding hydrogens is 392 g/mol. The highest BCUT2D eigenvalue weighted by atomic mass is 16.5. The number of hydrogen-bond donors (Lipinski definition) is 3. The van der Waals surface area contributed by atoms with Gasteiger partial charge in [0.25, 0.3) is 5.91 Å². The fraction of sp³-hybridized carbons (Fsp3) is 0.391. The molecule has 8 heteroatoms. The average Bonchev–Trinajstić information content (AvgIpc) is 3.53. The number of aromatic nitrogens is 3. The lowest BCUT2D eigenvalue weighted by atomic mass is 9.99. The third-order valence-electron chi connectivity index (χ3n) is 5.50. The van der Waals surface area contributed by atoms with E-state index < -0.39 is 0 Å². The van der Waals surface area contributed by atoms with E-state index in [0.717, 1.165) is 17.0 Å². The fourth-order valence-electron chi connectivity index (χ4n) is 3.79. The maximum atomic E-state index is 12.8. The summed E-state index contributed by atoms with van der Waals surface area (Å²) in [5.41, 5.74) is 6.17. The Balaban J connectivity index is 1.72. The standard InChI is InChI=1S/C23H28N6O2/c1-13(12-31-4)28-23(30)17-10-26-22-21(17)29-19(11-27-22)20(25-3)16-9-15(14-5-6-14)7-8-18(16)24-2/h7-11,13-14,24H,5-6,12H2,1-4H3,(H,26,27)(H,28,30)/t13-/m0/s1. The summed E-state index contributed by atoms with van der Waals surface area (Å²) in [5, 5.41) is 6.17. The highest BCUT2D eigenvalue weighted by Gasteiger charge is 2.25. The predicted molar refractivity (Wildman–Crippen MR) is 122 cm³/mol. The van der Waals surface area contributed by atoms with Crippen LogP contribution in [0.15, 0.2) is 35.6 Å². The molecular formula is C23H28N6O2. The van der Waals surface area contributed by atoms with Gasteiger partial charge in [-0.05, 0) is 43.4 Å². The van der Waals surface area contributed by atoms with Gasteiger partial charge < -0.3 is 20.4 Å². The van der Waals surface area contributed by atoms with Crippen LogP contribution in [0.2, 0.25) is 0 Å². The van der Waals surface area contributed by atoms with Crippen LogP contribution in [0.1, 0.15) is 52.9 Å². The molecule has 1 amide bonds. The number of rotatable bonds is 8. The Labute approximate surface area is 181 Å². The van der Waals surface area contributed by atoms with E-state index in [0.29, 0.717) is 34.9 Å². The number of carbonyl (C=O) groups excluding carboxylic acids is 1. The molecule has 1 aliphatic rings. The minimum absolute atomic E-state index is 0.116. The highest BCUT2D eigenvalue weighted by Crippen LogP contribution is 2.41. The Morgan fingerprint density at radius 3 is 2.84 bits per heavy atom. The summed E-state index contributed by atoms with van der Waals surface area (Å²) in [6.07, 6.45) is 5.79. The van der Waals surface area contributed by atoms with Gasteiger partial charge in [0.2, 0.25) is 0 Å². The van der Waals surface area contributed by atoms with Crippen LogP contribution in [0.3, 0.4) is 0 Å². The first-order chi connectivity index (χ1) is 15.0. The van der Waals surface area contributed by atoms with Crippen LogP contribution in [-0.2, 0) is 4.74 Å². The van der Waals surface area contributed by atoms with Crippen molar-refractivity contribution in [2.75, 3.05) is 33.1 Å². The monoisotopic (exact) mass is 420 g/mol. The van der Waals surface area contributed by atoms with Crippen molar-refractivity contribution in [1.29, 1.82) is 0 Å². The summed E-state index contributed by atoms with van der Waals surface area (Å²) in [7, 11) is 5.25. The number of methoxy groups -OCH3 is 1. The number of hydrogen-bond acceptors (Lipinski definition) is 6. The van der Waals surface area contributed by atoms with Crippen LogP contribution in [-0.4, -0.2) is 60.4 Å². The first-order valence-corrected chi connectivity index (χ1v) is 10.5. The number of fused-ring (bicyclic) bond motifs is 1. The molecule has 162 valence electrons. The molecule has 1 aliphatic carbocycles. The second-order valence-electron chi connectivity index (χ2n) is 7.89. The van der Waals surface area contributed by atoms with Gasteiger partial charge in [0.1, 0.15) is 11.2 Å². The summed E-state index contributed by atoms with van der Waals surface area (Å²) < 4.78 is 5.10. The van der Waals surface area contributed by atoms with Gasteiger partial charge in [-0.15, -0.1) is 0 Å². The van der Waals surface area contributed by atoms with Gasteiger partial charge in [-0.1, -0.05) is 6.07 Å². The number of nitrogens with one attached hydrogen (secondary N) is 3. The van der Waals surface area contributed by atoms with Gasteiger partial charge in [0.05, 0.1) is 24.1 Å². The molecule has 0 bridgehead atoms. The van der Waals surface area contributed by atoms with Crippen LogP contribution in [0.5, 0.6) is 0 Å². The zero-order valence-corrected chi connectivity index (χ0v) is 18.3. The third-order valence-corrected chi connectivity index (χ3v) is 5.50. The maximum Gasteiger partial charge on any atom is 0.255 e. The number of benzene rings is 1. The van der Waals surface area contributed by atoms with Gasteiger partial charge in [0.15, 0.2) is 5.65 Å². The number of aliphatic imine (C=N–C) groups is 1. The van der Waals surface area contributed by atoms with E-state index in [1.807, 2.05) is 14.0 Å². The van der Waals surface area contributed by atoms with Crippen LogP contribution in [0.4, 0.5) is 5.69 Å². The number of anilines is 1. The number of aromatic amines is 1. The average molecular weight is 421 g/mol. The molecule has 1 saturated carbocycles. The van der Waals surface area contributed by atoms with Crippen molar-refractivity contribution in [3.05, 3.63) is 53.0 Å². The van der Waals surface area contributed by atoms with Crippen LogP contribution >= 0.6 is 0 Å². The van der Waals surface area contributed by atoms with Crippen molar-refractivity contribution in [2.45, 2.75) is 31.7 Å². The summed E-state index contributed by atoms with van der Waals surface area (Å²) in [4.78, 5) is 29.6. The number of amides is 1. The molecule has 0 unspecified atom stereocenters. The van der Waals surface area contributed by atoms with E-state index in [4.69, 9.17) is 9.72 Å². The molecule has 0 aliphatic heterocycles. The Bertz CT molecular complexity index is 1130. The molecule has 3 aromatic rings. The van der Waals surface area contributed by atoms with E-state index in [-0.39, 0.29) is 11.9 Å². The molecule has 4 rings (SSSR count). The van der Waals surface area contributed by atoms with Gasteiger partial charge in [-0.2, -0.15) is 0 Å². The third kappa shape index (κ3) is 4.29. The van der Waals surface area contributed by atoms with Gasteiger partial charge in [-0.25, -0.2) is 9.97 Å². The SMILES string of the molecule is CN=C(c1cnc2[nH]cc(C(=O)N[C@@H](C)COC)c2n1)c1cc(C2CC2)ccc1NC. The van der Waals surface area contributed by atoms with Gasteiger partial charge in [-0.3, -0.25) is 9.79 Å². The minimum Gasteiger partial charge on any atom is -0.388 e. The van der Waals surface area contributed by atoms with Crippen LogP contribution in [0, 0.1) is 0 Å². The zero-order valence-electron chi connectivity index (χ0n) is 18.3.